The summed E-state index contributed by atoms with van der Waals surface area (Å²) in [6.45, 7) is 1.33. The van der Waals surface area contributed by atoms with E-state index in [1.807, 2.05) is 0 Å². The van der Waals surface area contributed by atoms with Gasteiger partial charge < -0.3 is 0 Å². The fraction of sp³-hybridized carbons (Fsp3) is 1.00. The van der Waals surface area contributed by atoms with Crippen molar-refractivity contribution >= 4 is 55.6 Å². The summed E-state index contributed by atoms with van der Waals surface area (Å²) in [6, 6.07) is 0. The summed E-state index contributed by atoms with van der Waals surface area (Å²) in [5.41, 5.74) is 0. The van der Waals surface area contributed by atoms with Gasteiger partial charge in [0.25, 0.3) is 10.1 Å². The molecule has 0 saturated carbocycles. The zero-order valence-corrected chi connectivity index (χ0v) is 6.03. The molecule has 1 unspecified atom stereocenters. The molecule has 0 heterocycles. The van der Waals surface area contributed by atoms with Crippen LogP contribution in [-0.2, 0) is 10.1 Å². The van der Waals surface area contributed by atoms with E-state index in [2.05, 4.69) is 15.9 Å². The van der Waals surface area contributed by atoms with E-state index in [-0.39, 0.29) is 29.6 Å². The van der Waals surface area contributed by atoms with Crippen LogP contribution < -0.4 is 0 Å². The van der Waals surface area contributed by atoms with Gasteiger partial charge in [0.2, 0.25) is 0 Å². The zero-order chi connectivity index (χ0) is 6.08. The second-order valence-corrected chi connectivity index (χ2v) is 4.77. The van der Waals surface area contributed by atoms with E-state index < -0.39 is 14.3 Å². The Morgan fingerprint density at radius 1 is 1.62 bits per heavy atom. The van der Waals surface area contributed by atoms with E-state index in [9.17, 15) is 8.42 Å². The van der Waals surface area contributed by atoms with Crippen LogP contribution in [0.15, 0.2) is 0 Å². The molecule has 0 amide bonds. The normalized spacial score (nSPS) is 14.4. The van der Waals surface area contributed by atoms with Crippen LogP contribution in [0.2, 0.25) is 0 Å². The van der Waals surface area contributed by atoms with Crippen LogP contribution in [0.25, 0.3) is 0 Å². The second kappa shape index (κ2) is 4.24. The minimum atomic E-state index is -3.82. The fourth-order valence-corrected chi connectivity index (χ4v) is 0. The molecule has 46 valence electrons. The summed E-state index contributed by atoms with van der Waals surface area (Å²) in [7, 11) is -3.82. The summed E-state index contributed by atoms with van der Waals surface area (Å²) < 4.78 is 26.8. The molecule has 0 aliphatic heterocycles. The molecule has 0 radical (unpaired) electrons. The molecule has 0 saturated heterocycles. The Kier molecular flexibility index (Phi) is 6.42. The van der Waals surface area contributed by atoms with Gasteiger partial charge in [-0.15, -0.1) is 0 Å². The van der Waals surface area contributed by atoms with Gasteiger partial charge in [-0.1, -0.05) is 15.9 Å². The molecule has 1 atom stereocenters. The van der Waals surface area contributed by atoms with Crippen molar-refractivity contribution in [1.82, 2.24) is 0 Å². The Bertz CT molecular complexity index is 139. The van der Waals surface area contributed by atoms with Crippen LogP contribution in [-0.4, -0.2) is 46.7 Å². The number of hydrogen-bond donors (Lipinski definition) is 1. The molecule has 0 rings (SSSR count). The topological polar surface area (TPSA) is 54.4 Å². The van der Waals surface area contributed by atoms with Crippen molar-refractivity contribution < 1.29 is 13.0 Å². The van der Waals surface area contributed by atoms with Crippen LogP contribution in [0.4, 0.5) is 0 Å². The van der Waals surface area contributed by atoms with Gasteiger partial charge in [-0.05, 0) is 6.92 Å². The van der Waals surface area contributed by atoms with Gasteiger partial charge in [0.05, 0.1) is 0 Å². The summed E-state index contributed by atoms with van der Waals surface area (Å²) in [5, 5.41) is 0. The van der Waals surface area contributed by atoms with Gasteiger partial charge in [0.1, 0.15) is 4.16 Å². The summed E-state index contributed by atoms with van der Waals surface area (Å²) in [4.78, 5) is 0. The zero-order valence-electron chi connectivity index (χ0n) is 3.63. The van der Waals surface area contributed by atoms with Crippen LogP contribution in [0.3, 0.4) is 0 Å². The number of alkyl halides is 1. The third-order valence-electron chi connectivity index (χ3n) is 0.410. The van der Waals surface area contributed by atoms with Crippen molar-refractivity contribution in [3.05, 3.63) is 0 Å². The van der Waals surface area contributed by atoms with Gasteiger partial charge in [0, 0.05) is 0 Å². The molecule has 0 bridgehead atoms. The second-order valence-electron chi connectivity index (χ2n) is 1.06. The molecule has 3 nitrogen and oxygen atoms in total. The molecule has 0 spiro atoms. The van der Waals surface area contributed by atoms with Gasteiger partial charge >= 0.3 is 29.6 Å². The molecular weight excluding hydrogens is 207 g/mol. The molecule has 6 heteroatoms. The third-order valence-corrected chi connectivity index (χ3v) is 2.65. The summed E-state index contributed by atoms with van der Waals surface area (Å²) in [6.07, 6.45) is 0. The Morgan fingerprint density at radius 2 is 1.75 bits per heavy atom. The van der Waals surface area contributed by atoms with Crippen molar-refractivity contribution in [2.24, 2.45) is 0 Å². The average molecular weight is 213 g/mol. The van der Waals surface area contributed by atoms with Gasteiger partial charge in [0.15, 0.2) is 0 Å². The Morgan fingerprint density at radius 3 is 1.75 bits per heavy atom. The molecular formula is C2H6BrNaO3S. The number of halogens is 1. The molecule has 0 aliphatic carbocycles. The van der Waals surface area contributed by atoms with Crippen LogP contribution >= 0.6 is 15.9 Å². The van der Waals surface area contributed by atoms with Crippen LogP contribution in [0, 0.1) is 0 Å². The van der Waals surface area contributed by atoms with E-state index in [1.54, 1.807) is 0 Å². The summed E-state index contributed by atoms with van der Waals surface area (Å²) >= 11 is 2.66. The van der Waals surface area contributed by atoms with Crippen molar-refractivity contribution in [2.75, 3.05) is 0 Å². The molecule has 0 aliphatic rings. The van der Waals surface area contributed by atoms with Gasteiger partial charge in [-0.3, -0.25) is 4.55 Å². The molecule has 0 fully saturated rings. The Hall–Kier alpha value is 1.39. The number of rotatable bonds is 1. The first kappa shape index (κ1) is 12.1. The SMILES string of the molecule is CC(Br)S(=O)(=O)O.[NaH]. The van der Waals surface area contributed by atoms with E-state index in [0.717, 1.165) is 0 Å². The first-order chi connectivity index (χ1) is 2.94. The van der Waals surface area contributed by atoms with Crippen molar-refractivity contribution in [1.29, 1.82) is 0 Å². The fourth-order valence-electron chi connectivity index (χ4n) is 0. The van der Waals surface area contributed by atoms with E-state index in [1.165, 1.54) is 6.92 Å². The van der Waals surface area contributed by atoms with Gasteiger partial charge in [-0.25, -0.2) is 0 Å². The standard InChI is InChI=1S/C2H5BrO3S.Na.H/c1-2(3)7(4,5)6;;/h2H,1H3,(H,4,5,6);;. The molecule has 0 aromatic rings. The Balaban J connectivity index is 0. The quantitative estimate of drug-likeness (QED) is 0.378. The maximum atomic E-state index is 9.84. The summed E-state index contributed by atoms with van der Waals surface area (Å²) in [5.74, 6) is 0. The first-order valence-electron chi connectivity index (χ1n) is 1.55. The predicted octanol–water partition coefficient (Wildman–Crippen LogP) is -0.0334. The molecule has 8 heavy (non-hydrogen) atoms. The predicted molar refractivity (Wildman–Crippen MR) is 37.1 cm³/mol. The third kappa shape index (κ3) is 5.53. The van der Waals surface area contributed by atoms with E-state index in [0.29, 0.717) is 0 Å². The van der Waals surface area contributed by atoms with Crippen molar-refractivity contribution in [3.8, 4) is 0 Å². The molecule has 0 aromatic heterocycles. The van der Waals surface area contributed by atoms with E-state index >= 15 is 0 Å². The number of hydrogen-bond acceptors (Lipinski definition) is 2. The maximum absolute atomic E-state index is 9.84. The van der Waals surface area contributed by atoms with Crippen molar-refractivity contribution in [2.45, 2.75) is 11.1 Å². The van der Waals surface area contributed by atoms with Crippen LogP contribution in [0.5, 0.6) is 0 Å². The first-order valence-corrected chi connectivity index (χ1v) is 3.97. The van der Waals surface area contributed by atoms with E-state index in [4.69, 9.17) is 4.55 Å². The molecule has 0 aromatic carbocycles. The Labute approximate surface area is 79.0 Å². The van der Waals surface area contributed by atoms with Crippen LogP contribution in [0.1, 0.15) is 6.92 Å². The minimum absolute atomic E-state index is 0. The average Bonchev–Trinajstić information content (AvgIpc) is 1.31. The van der Waals surface area contributed by atoms with Crippen molar-refractivity contribution in [3.63, 3.8) is 0 Å². The van der Waals surface area contributed by atoms with Gasteiger partial charge in [-0.2, -0.15) is 8.42 Å². The monoisotopic (exact) mass is 212 g/mol. The molecule has 1 N–H and O–H groups in total.